The number of hydrogen-bond donors (Lipinski definition) is 0. The maximum Gasteiger partial charge on any atom is 0.243 e. The molecule has 0 spiro atoms. The highest BCUT2D eigenvalue weighted by molar-refractivity contribution is 5.85. The molecule has 1 heterocycles. The minimum Gasteiger partial charge on any atom is -0.299 e. The first-order valence-electron chi connectivity index (χ1n) is 8.95. The minimum absolute atomic E-state index is 0. The lowest BCUT2D eigenvalue weighted by molar-refractivity contribution is -0.208. The molecule has 0 aromatic heterocycles. The second kappa shape index (κ2) is 10.3. The maximum atomic E-state index is 12.0. The predicted octanol–water partition coefficient (Wildman–Crippen LogP) is 4.05. The van der Waals surface area contributed by atoms with E-state index in [1.807, 2.05) is 36.4 Å². The summed E-state index contributed by atoms with van der Waals surface area (Å²) in [6.45, 7) is 4.96. The van der Waals surface area contributed by atoms with E-state index in [1.54, 1.807) is 12.0 Å². The number of hydroxylamine groups is 2. The van der Waals surface area contributed by atoms with Crippen LogP contribution in [0.5, 0.6) is 0 Å². The summed E-state index contributed by atoms with van der Waals surface area (Å²) in [5.41, 5.74) is 2.42. The number of carbonyl (C=O) groups is 1. The summed E-state index contributed by atoms with van der Waals surface area (Å²) in [6, 6.07) is 20.7. The van der Waals surface area contributed by atoms with Gasteiger partial charge in [-0.3, -0.25) is 14.5 Å². The molecule has 2 aromatic carbocycles. The molecule has 26 heavy (non-hydrogen) atoms. The highest BCUT2D eigenvalue weighted by atomic mass is 35.5. The molecule has 0 bridgehead atoms. The van der Waals surface area contributed by atoms with Crippen molar-refractivity contribution in [2.45, 2.75) is 39.0 Å². The quantitative estimate of drug-likeness (QED) is 0.715. The van der Waals surface area contributed by atoms with E-state index < -0.39 is 0 Å². The summed E-state index contributed by atoms with van der Waals surface area (Å²) in [5.74, 6) is -0.0163. The van der Waals surface area contributed by atoms with Crippen LogP contribution in [-0.2, 0) is 22.8 Å². The molecule has 1 fully saturated rings. The highest BCUT2D eigenvalue weighted by Gasteiger charge is 2.27. The Morgan fingerprint density at radius 1 is 1.00 bits per heavy atom. The number of nitrogens with zero attached hydrogens (tertiary/aromatic N) is 2. The number of halogens is 1. The van der Waals surface area contributed by atoms with Crippen molar-refractivity contribution in [3.63, 3.8) is 0 Å². The van der Waals surface area contributed by atoms with Crippen molar-refractivity contribution in [2.24, 2.45) is 0 Å². The van der Waals surface area contributed by atoms with E-state index in [4.69, 9.17) is 4.84 Å². The second-order valence-electron chi connectivity index (χ2n) is 6.60. The Hall–Kier alpha value is -1.88. The zero-order chi connectivity index (χ0) is 17.5. The fourth-order valence-corrected chi connectivity index (χ4v) is 3.33. The summed E-state index contributed by atoms with van der Waals surface area (Å²) >= 11 is 0. The molecule has 1 aliphatic heterocycles. The van der Waals surface area contributed by atoms with Crippen LogP contribution in [-0.4, -0.2) is 35.0 Å². The third-order valence-corrected chi connectivity index (χ3v) is 4.66. The van der Waals surface area contributed by atoms with Crippen LogP contribution in [0.2, 0.25) is 0 Å². The molecule has 1 saturated heterocycles. The molecular weight excluding hydrogens is 348 g/mol. The molecule has 0 atom stereocenters. The van der Waals surface area contributed by atoms with Crippen LogP contribution >= 0.6 is 12.4 Å². The Labute approximate surface area is 162 Å². The SMILES string of the molecule is CC(=O)N(OCc1ccccc1)C1CCN(Cc2ccccc2)CC1.Cl. The molecule has 1 amide bonds. The van der Waals surface area contributed by atoms with Crippen molar-refractivity contribution < 1.29 is 9.63 Å². The third kappa shape index (κ3) is 5.84. The van der Waals surface area contributed by atoms with Crippen molar-refractivity contribution in [3.05, 3.63) is 71.8 Å². The van der Waals surface area contributed by atoms with Gasteiger partial charge < -0.3 is 0 Å². The third-order valence-electron chi connectivity index (χ3n) is 4.66. The van der Waals surface area contributed by atoms with Crippen molar-refractivity contribution in [1.82, 2.24) is 9.96 Å². The zero-order valence-electron chi connectivity index (χ0n) is 15.2. The van der Waals surface area contributed by atoms with Crippen molar-refractivity contribution in [3.8, 4) is 0 Å². The van der Waals surface area contributed by atoms with Crippen molar-refractivity contribution in [1.29, 1.82) is 0 Å². The van der Waals surface area contributed by atoms with Crippen LogP contribution in [0.15, 0.2) is 60.7 Å². The second-order valence-corrected chi connectivity index (χ2v) is 6.60. The van der Waals surface area contributed by atoms with Gasteiger partial charge in [0.1, 0.15) is 6.61 Å². The van der Waals surface area contributed by atoms with Crippen molar-refractivity contribution in [2.75, 3.05) is 13.1 Å². The number of hydrogen-bond acceptors (Lipinski definition) is 3. The number of likely N-dealkylation sites (tertiary alicyclic amines) is 1. The molecule has 3 rings (SSSR count). The molecule has 4 nitrogen and oxygen atoms in total. The molecule has 5 heteroatoms. The number of benzene rings is 2. The molecule has 0 radical (unpaired) electrons. The predicted molar refractivity (Wildman–Crippen MR) is 106 cm³/mol. The normalized spacial score (nSPS) is 15.3. The Bertz CT molecular complexity index is 658. The highest BCUT2D eigenvalue weighted by Crippen LogP contribution is 2.20. The number of piperidine rings is 1. The molecule has 0 N–H and O–H groups in total. The van der Waals surface area contributed by atoms with Crippen LogP contribution in [0.1, 0.15) is 30.9 Å². The van der Waals surface area contributed by atoms with E-state index >= 15 is 0 Å². The number of rotatable bonds is 6. The first kappa shape index (κ1) is 20.4. The van der Waals surface area contributed by atoms with Gasteiger partial charge in [0.15, 0.2) is 0 Å². The van der Waals surface area contributed by atoms with E-state index in [2.05, 4.69) is 29.2 Å². The minimum atomic E-state index is -0.0163. The fraction of sp³-hybridized carbons (Fsp3) is 0.381. The van der Waals surface area contributed by atoms with Gasteiger partial charge in [-0.2, -0.15) is 0 Å². The summed E-state index contributed by atoms with van der Waals surface area (Å²) in [7, 11) is 0. The van der Waals surface area contributed by atoms with Gasteiger partial charge in [-0.15, -0.1) is 12.4 Å². The Kier molecular flexibility index (Phi) is 8.10. The van der Waals surface area contributed by atoms with Crippen LogP contribution in [0, 0.1) is 0 Å². The Balaban J connectivity index is 0.00000243. The lowest BCUT2D eigenvalue weighted by atomic mass is 10.0. The van der Waals surface area contributed by atoms with Crippen LogP contribution in [0.25, 0.3) is 0 Å². The van der Waals surface area contributed by atoms with Crippen LogP contribution in [0.3, 0.4) is 0 Å². The first-order chi connectivity index (χ1) is 12.2. The average Bonchev–Trinajstić information content (AvgIpc) is 2.65. The molecule has 0 unspecified atom stereocenters. The summed E-state index contributed by atoms with van der Waals surface area (Å²) in [6.07, 6.45) is 1.89. The smallest absolute Gasteiger partial charge is 0.243 e. The van der Waals surface area contributed by atoms with E-state index in [9.17, 15) is 4.79 Å². The van der Waals surface area contributed by atoms with Crippen LogP contribution < -0.4 is 0 Å². The maximum absolute atomic E-state index is 12.0. The van der Waals surface area contributed by atoms with Gasteiger partial charge in [0.05, 0.1) is 6.04 Å². The molecule has 140 valence electrons. The number of amides is 1. The zero-order valence-corrected chi connectivity index (χ0v) is 16.0. The van der Waals surface area contributed by atoms with Gasteiger partial charge >= 0.3 is 0 Å². The van der Waals surface area contributed by atoms with Gasteiger partial charge in [0.25, 0.3) is 0 Å². The monoisotopic (exact) mass is 374 g/mol. The lowest BCUT2D eigenvalue weighted by Gasteiger charge is -2.37. The van der Waals surface area contributed by atoms with Gasteiger partial charge in [0, 0.05) is 26.6 Å². The topological polar surface area (TPSA) is 32.8 Å². The molecule has 2 aromatic rings. The van der Waals surface area contributed by atoms with E-state index in [-0.39, 0.29) is 24.4 Å². The fourth-order valence-electron chi connectivity index (χ4n) is 3.33. The summed E-state index contributed by atoms with van der Waals surface area (Å²) in [4.78, 5) is 20.3. The standard InChI is InChI=1S/C21H26N2O2.ClH/c1-18(24)23(25-17-20-10-6-3-7-11-20)21-12-14-22(15-13-21)16-19-8-4-2-5-9-19;/h2-11,21H,12-17H2,1H3;1H. The molecule has 0 saturated carbocycles. The average molecular weight is 375 g/mol. The Morgan fingerprint density at radius 3 is 2.08 bits per heavy atom. The molecule has 1 aliphatic rings. The number of carbonyl (C=O) groups excluding carboxylic acids is 1. The summed E-state index contributed by atoms with van der Waals surface area (Å²) < 4.78 is 0. The van der Waals surface area contributed by atoms with E-state index in [0.717, 1.165) is 38.0 Å². The van der Waals surface area contributed by atoms with Crippen molar-refractivity contribution >= 4 is 18.3 Å². The molecule has 0 aliphatic carbocycles. The lowest BCUT2D eigenvalue weighted by Crippen LogP contribution is -2.46. The largest absolute Gasteiger partial charge is 0.299 e. The van der Waals surface area contributed by atoms with Gasteiger partial charge in [-0.05, 0) is 24.0 Å². The first-order valence-corrected chi connectivity index (χ1v) is 8.95. The van der Waals surface area contributed by atoms with Crippen LogP contribution in [0.4, 0.5) is 0 Å². The van der Waals surface area contributed by atoms with Gasteiger partial charge in [0.2, 0.25) is 5.91 Å². The van der Waals surface area contributed by atoms with Gasteiger partial charge in [-0.1, -0.05) is 60.7 Å². The van der Waals surface area contributed by atoms with Gasteiger partial charge in [-0.25, -0.2) is 5.06 Å². The Morgan fingerprint density at radius 2 is 1.54 bits per heavy atom. The summed E-state index contributed by atoms with van der Waals surface area (Å²) in [5, 5.41) is 1.59. The van der Waals surface area contributed by atoms with E-state index in [1.165, 1.54) is 5.56 Å². The van der Waals surface area contributed by atoms with E-state index in [0.29, 0.717) is 6.61 Å². The molecular formula is C21H27ClN2O2.